The average Bonchev–Trinajstić information content (AvgIpc) is 3.61. The molecule has 1 N–H and O–H groups in total. The quantitative estimate of drug-likeness (QED) is 0.191. The molecule has 38 heavy (non-hydrogen) atoms. The van der Waals surface area contributed by atoms with E-state index in [0.29, 0.717) is 17.1 Å². The zero-order valence-electron chi connectivity index (χ0n) is 21.4. The molecule has 7 heteroatoms. The lowest BCUT2D eigenvalue weighted by Crippen LogP contribution is -2.23. The maximum Gasteiger partial charge on any atom is 0.266 e. The molecule has 5 rings (SSSR count). The van der Waals surface area contributed by atoms with Gasteiger partial charge < -0.3 is 14.7 Å². The van der Waals surface area contributed by atoms with E-state index >= 15 is 0 Å². The number of rotatable bonds is 8. The number of oxime groups is 1. The van der Waals surface area contributed by atoms with Crippen LogP contribution in [0.15, 0.2) is 83.3 Å². The van der Waals surface area contributed by atoms with Crippen LogP contribution >= 0.6 is 11.3 Å². The first kappa shape index (κ1) is 25.5. The maximum atomic E-state index is 13.2. The molecule has 2 aromatic heterocycles. The third-order valence-electron chi connectivity index (χ3n) is 6.90. The van der Waals surface area contributed by atoms with Crippen LogP contribution in [0.3, 0.4) is 0 Å². The van der Waals surface area contributed by atoms with Crippen molar-refractivity contribution < 1.29 is 9.63 Å². The number of hydrogen-bond acceptors (Lipinski definition) is 5. The number of thiophene rings is 1. The van der Waals surface area contributed by atoms with Gasteiger partial charge in [-0.1, -0.05) is 91.1 Å². The monoisotopic (exact) mass is 522 g/mol. The van der Waals surface area contributed by atoms with Crippen LogP contribution in [0.25, 0.3) is 22.4 Å². The minimum absolute atomic E-state index is 0.179. The Morgan fingerprint density at radius 1 is 1.03 bits per heavy atom. The van der Waals surface area contributed by atoms with E-state index < -0.39 is 0 Å². The van der Waals surface area contributed by atoms with Gasteiger partial charge in [0.15, 0.2) is 6.61 Å². The molecule has 1 aliphatic rings. The summed E-state index contributed by atoms with van der Waals surface area (Å²) >= 11 is 1.56. The summed E-state index contributed by atoms with van der Waals surface area (Å²) in [6, 6.07) is 26.6. The van der Waals surface area contributed by atoms with E-state index in [2.05, 4.69) is 33.2 Å². The summed E-state index contributed by atoms with van der Waals surface area (Å²) in [7, 11) is 0. The maximum absolute atomic E-state index is 13.2. The lowest BCUT2D eigenvalue weighted by Gasteiger charge is -2.28. The molecule has 1 fully saturated rings. The van der Waals surface area contributed by atoms with E-state index in [0.717, 1.165) is 52.9 Å². The molecular formula is C31H30N4O2S. The van der Waals surface area contributed by atoms with Gasteiger partial charge in [0.25, 0.3) is 5.91 Å². The fourth-order valence-electron chi connectivity index (χ4n) is 5.18. The van der Waals surface area contributed by atoms with Crippen molar-refractivity contribution in [3.8, 4) is 28.5 Å². The number of anilines is 1. The molecule has 1 aliphatic carbocycles. The van der Waals surface area contributed by atoms with Crippen LogP contribution in [-0.2, 0) is 9.63 Å². The Balaban J connectivity index is 1.57. The molecule has 1 saturated carbocycles. The van der Waals surface area contributed by atoms with Gasteiger partial charge >= 0.3 is 0 Å². The third-order valence-corrected chi connectivity index (χ3v) is 7.88. The second-order valence-electron chi connectivity index (χ2n) is 9.43. The Hall–Kier alpha value is -4.15. The van der Waals surface area contributed by atoms with Gasteiger partial charge in [-0.2, -0.15) is 5.26 Å². The highest BCUT2D eigenvalue weighted by Crippen LogP contribution is 2.46. The summed E-state index contributed by atoms with van der Waals surface area (Å²) in [5.74, 6) is 0.183. The van der Waals surface area contributed by atoms with Gasteiger partial charge in [0.2, 0.25) is 0 Å². The molecule has 2 aromatic carbocycles. The van der Waals surface area contributed by atoms with Crippen LogP contribution in [0.4, 0.5) is 5.82 Å². The molecule has 0 bridgehead atoms. The van der Waals surface area contributed by atoms with Crippen molar-refractivity contribution in [3.05, 3.63) is 88.6 Å². The van der Waals surface area contributed by atoms with Gasteiger partial charge in [0.05, 0.1) is 16.3 Å². The lowest BCUT2D eigenvalue weighted by molar-refractivity contribution is -0.120. The number of carbonyl (C=O) groups excluding carboxylic acids is 1. The predicted molar refractivity (Wildman–Crippen MR) is 153 cm³/mol. The summed E-state index contributed by atoms with van der Waals surface area (Å²) in [5, 5.41) is 19.6. The Kier molecular flexibility index (Phi) is 8.01. The SMILES string of the molecule is C/C(=N\OCC(=O)Nc1c(C#N)c(-c2ccccc2)c(-c2ccccc2)n1C1CCCCC1)c1cccs1. The van der Waals surface area contributed by atoms with Crippen molar-refractivity contribution in [2.75, 3.05) is 11.9 Å². The number of nitriles is 1. The molecule has 2 heterocycles. The topological polar surface area (TPSA) is 79.4 Å². The van der Waals surface area contributed by atoms with Gasteiger partial charge in [-0.3, -0.25) is 4.79 Å². The number of amides is 1. The highest BCUT2D eigenvalue weighted by molar-refractivity contribution is 7.12. The highest BCUT2D eigenvalue weighted by Gasteiger charge is 2.30. The van der Waals surface area contributed by atoms with Gasteiger partial charge in [0, 0.05) is 11.6 Å². The lowest BCUT2D eigenvalue weighted by atomic mass is 9.94. The van der Waals surface area contributed by atoms with Crippen LogP contribution in [-0.4, -0.2) is 22.8 Å². The standard InChI is InChI=1S/C31H30N4O2S/c1-22(27-18-11-19-38-27)34-37-21-28(36)33-31-26(20-32)29(23-12-5-2-6-13-23)30(24-14-7-3-8-15-24)35(31)25-16-9-4-10-17-25/h2-3,5-8,11-15,18-19,25H,4,9-10,16-17,21H2,1H3,(H,33,36)/b34-22+. The largest absolute Gasteiger partial charge is 0.385 e. The molecule has 0 unspecified atom stereocenters. The normalized spacial score (nSPS) is 14.2. The van der Waals surface area contributed by atoms with E-state index in [1.165, 1.54) is 6.42 Å². The molecule has 0 aliphatic heterocycles. The van der Waals surface area contributed by atoms with Crippen molar-refractivity contribution >= 4 is 28.8 Å². The first-order valence-corrected chi connectivity index (χ1v) is 13.8. The Morgan fingerprint density at radius 2 is 1.71 bits per heavy atom. The predicted octanol–water partition coefficient (Wildman–Crippen LogP) is 7.64. The molecule has 6 nitrogen and oxygen atoms in total. The number of carbonyl (C=O) groups is 1. The Bertz CT molecular complexity index is 1450. The molecule has 192 valence electrons. The summed E-state index contributed by atoms with van der Waals surface area (Å²) < 4.78 is 2.20. The summed E-state index contributed by atoms with van der Waals surface area (Å²) in [6.45, 7) is 1.61. The number of aromatic nitrogens is 1. The van der Waals surface area contributed by atoms with Crippen molar-refractivity contribution in [3.63, 3.8) is 0 Å². The van der Waals surface area contributed by atoms with Crippen LogP contribution in [0.2, 0.25) is 0 Å². The fourth-order valence-corrected chi connectivity index (χ4v) is 5.84. The van der Waals surface area contributed by atoms with Gasteiger partial charge in [-0.15, -0.1) is 11.3 Å². The second-order valence-corrected chi connectivity index (χ2v) is 10.4. The Morgan fingerprint density at radius 3 is 2.34 bits per heavy atom. The van der Waals surface area contributed by atoms with E-state index in [-0.39, 0.29) is 18.6 Å². The number of benzene rings is 2. The van der Waals surface area contributed by atoms with Crippen LogP contribution in [0.1, 0.15) is 55.5 Å². The summed E-state index contributed by atoms with van der Waals surface area (Å²) in [6.07, 6.45) is 5.43. The first-order valence-electron chi connectivity index (χ1n) is 13.0. The molecular weight excluding hydrogens is 492 g/mol. The number of nitrogens with one attached hydrogen (secondary N) is 1. The van der Waals surface area contributed by atoms with E-state index in [1.807, 2.05) is 73.0 Å². The zero-order valence-corrected chi connectivity index (χ0v) is 22.2. The molecule has 0 spiro atoms. The van der Waals surface area contributed by atoms with Crippen LogP contribution in [0, 0.1) is 11.3 Å². The molecule has 0 atom stereocenters. The highest BCUT2D eigenvalue weighted by atomic mass is 32.1. The number of nitrogens with zero attached hydrogens (tertiary/aromatic N) is 3. The average molecular weight is 523 g/mol. The zero-order chi connectivity index (χ0) is 26.3. The van der Waals surface area contributed by atoms with E-state index in [9.17, 15) is 10.1 Å². The van der Waals surface area contributed by atoms with Gasteiger partial charge in [-0.25, -0.2) is 0 Å². The number of hydrogen-bond donors (Lipinski definition) is 1. The van der Waals surface area contributed by atoms with Gasteiger partial charge in [-0.05, 0) is 42.3 Å². The van der Waals surface area contributed by atoms with E-state index in [1.54, 1.807) is 11.3 Å². The van der Waals surface area contributed by atoms with Crippen LogP contribution < -0.4 is 5.32 Å². The van der Waals surface area contributed by atoms with Crippen LogP contribution in [0.5, 0.6) is 0 Å². The molecule has 4 aromatic rings. The molecule has 0 saturated heterocycles. The van der Waals surface area contributed by atoms with Crippen molar-refractivity contribution in [1.82, 2.24) is 4.57 Å². The summed E-state index contributed by atoms with van der Waals surface area (Å²) in [4.78, 5) is 19.5. The molecule has 0 radical (unpaired) electrons. The molecule has 1 amide bonds. The fraction of sp³-hybridized carbons (Fsp3) is 0.258. The smallest absolute Gasteiger partial charge is 0.266 e. The third kappa shape index (κ3) is 5.41. The Labute approximate surface area is 227 Å². The van der Waals surface area contributed by atoms with Crippen molar-refractivity contribution in [2.24, 2.45) is 5.16 Å². The van der Waals surface area contributed by atoms with Gasteiger partial charge in [0.1, 0.15) is 17.5 Å². The second kappa shape index (κ2) is 11.9. The minimum atomic E-state index is -0.349. The minimum Gasteiger partial charge on any atom is -0.385 e. The van der Waals surface area contributed by atoms with E-state index in [4.69, 9.17) is 4.84 Å². The summed E-state index contributed by atoms with van der Waals surface area (Å²) in [5.41, 5.74) is 4.94. The van der Waals surface area contributed by atoms with Crippen molar-refractivity contribution in [1.29, 1.82) is 5.26 Å². The van der Waals surface area contributed by atoms with Crippen molar-refractivity contribution in [2.45, 2.75) is 45.1 Å². The first-order chi connectivity index (χ1) is 18.7.